The van der Waals surface area contributed by atoms with Gasteiger partial charge in [0.1, 0.15) is 11.6 Å². The maximum atomic E-state index is 11.2. The molecule has 22 heavy (non-hydrogen) atoms. The average molecular weight is 299 g/mol. The maximum Gasteiger partial charge on any atom is 0.225 e. The van der Waals surface area contributed by atoms with Gasteiger partial charge in [0.25, 0.3) is 0 Å². The lowest BCUT2D eigenvalue weighted by Crippen LogP contribution is -2.20. The van der Waals surface area contributed by atoms with E-state index in [4.69, 9.17) is 10.5 Å². The number of primary amides is 1. The van der Waals surface area contributed by atoms with Gasteiger partial charge in [0.05, 0.1) is 24.9 Å². The van der Waals surface area contributed by atoms with Crippen molar-refractivity contribution in [3.63, 3.8) is 0 Å². The minimum absolute atomic E-state index is 0.0199. The summed E-state index contributed by atoms with van der Waals surface area (Å²) in [5.41, 5.74) is 7.58. The molecule has 0 unspecified atom stereocenters. The van der Waals surface area contributed by atoms with Crippen LogP contribution in [0.4, 0.5) is 0 Å². The predicted molar refractivity (Wildman–Crippen MR) is 85.6 cm³/mol. The maximum absolute atomic E-state index is 11.2. The molecular weight excluding hydrogens is 278 g/mol. The Morgan fingerprint density at radius 1 is 1.23 bits per heavy atom. The van der Waals surface area contributed by atoms with Gasteiger partial charge in [0, 0.05) is 11.0 Å². The quantitative estimate of drug-likeness (QED) is 0.940. The minimum Gasteiger partial charge on any atom is -0.496 e. The number of hydrogen-bond acceptors (Lipinski definition) is 4. The molecule has 0 spiro atoms. The van der Waals surface area contributed by atoms with Crippen LogP contribution in [-0.4, -0.2) is 23.0 Å². The van der Waals surface area contributed by atoms with Crippen molar-refractivity contribution in [2.45, 2.75) is 32.6 Å². The number of nitrogens with zero attached hydrogens (tertiary/aromatic N) is 2. The van der Waals surface area contributed by atoms with Crippen molar-refractivity contribution in [3.8, 4) is 17.0 Å². The number of hydrogen-bond donors (Lipinski definition) is 1. The molecule has 2 aromatic rings. The van der Waals surface area contributed by atoms with Crippen LogP contribution in [0.3, 0.4) is 0 Å². The standard InChI is InChI=1S/C17H21N3O2/c1-17(2,3)14-9-12(19-16(20-14)10-15(18)21)11-7-5-6-8-13(11)22-4/h5-9H,10H2,1-4H3,(H2,18,21). The smallest absolute Gasteiger partial charge is 0.225 e. The number of methoxy groups -OCH3 is 1. The summed E-state index contributed by atoms with van der Waals surface area (Å²) in [6.07, 6.45) is 0.0199. The second kappa shape index (κ2) is 6.13. The molecule has 0 aliphatic heterocycles. The molecule has 0 aliphatic rings. The number of benzene rings is 1. The van der Waals surface area contributed by atoms with Crippen molar-refractivity contribution >= 4 is 5.91 Å². The van der Waals surface area contributed by atoms with E-state index in [0.717, 1.165) is 22.7 Å². The van der Waals surface area contributed by atoms with Crippen molar-refractivity contribution in [2.75, 3.05) is 7.11 Å². The van der Waals surface area contributed by atoms with Crippen LogP contribution >= 0.6 is 0 Å². The number of amides is 1. The second-order valence-corrected chi connectivity index (χ2v) is 6.15. The van der Waals surface area contributed by atoms with Crippen LogP contribution in [-0.2, 0) is 16.6 Å². The number of aromatic nitrogens is 2. The zero-order valence-electron chi connectivity index (χ0n) is 13.4. The number of carbonyl (C=O) groups is 1. The number of ether oxygens (including phenoxy) is 1. The summed E-state index contributed by atoms with van der Waals surface area (Å²) < 4.78 is 5.39. The summed E-state index contributed by atoms with van der Waals surface area (Å²) in [7, 11) is 1.62. The van der Waals surface area contributed by atoms with Crippen LogP contribution in [0.1, 0.15) is 32.3 Å². The van der Waals surface area contributed by atoms with E-state index >= 15 is 0 Å². The molecular formula is C17H21N3O2. The van der Waals surface area contributed by atoms with Crippen molar-refractivity contribution in [3.05, 3.63) is 41.9 Å². The van der Waals surface area contributed by atoms with Gasteiger partial charge in [0.15, 0.2) is 0 Å². The van der Waals surface area contributed by atoms with Crippen LogP contribution in [0.5, 0.6) is 5.75 Å². The molecule has 5 heteroatoms. The molecule has 0 radical (unpaired) electrons. The lowest BCUT2D eigenvalue weighted by Gasteiger charge is -2.19. The van der Waals surface area contributed by atoms with Crippen LogP contribution in [0.15, 0.2) is 30.3 Å². The first-order valence-electron chi connectivity index (χ1n) is 7.11. The molecule has 0 saturated carbocycles. The van der Waals surface area contributed by atoms with Crippen LogP contribution in [0.25, 0.3) is 11.3 Å². The van der Waals surface area contributed by atoms with Crippen molar-refractivity contribution in [1.82, 2.24) is 9.97 Å². The van der Waals surface area contributed by atoms with E-state index in [0.29, 0.717) is 5.82 Å². The summed E-state index contributed by atoms with van der Waals surface area (Å²) in [5.74, 6) is 0.712. The third-order valence-corrected chi connectivity index (χ3v) is 3.26. The SMILES string of the molecule is COc1ccccc1-c1cc(C(C)(C)C)nc(CC(N)=O)n1. The van der Waals surface area contributed by atoms with Crippen molar-refractivity contribution in [1.29, 1.82) is 0 Å². The van der Waals surface area contributed by atoms with E-state index in [9.17, 15) is 4.79 Å². The minimum atomic E-state index is -0.447. The molecule has 0 fully saturated rings. The van der Waals surface area contributed by atoms with Crippen LogP contribution in [0.2, 0.25) is 0 Å². The van der Waals surface area contributed by atoms with Crippen molar-refractivity contribution in [2.24, 2.45) is 5.73 Å². The zero-order chi connectivity index (χ0) is 16.3. The van der Waals surface area contributed by atoms with Gasteiger partial charge in [0.2, 0.25) is 5.91 Å². The Balaban J connectivity index is 2.61. The molecule has 0 bridgehead atoms. The molecule has 1 aromatic heterocycles. The molecule has 5 nitrogen and oxygen atoms in total. The van der Waals surface area contributed by atoms with Crippen LogP contribution < -0.4 is 10.5 Å². The highest BCUT2D eigenvalue weighted by molar-refractivity contribution is 5.76. The topological polar surface area (TPSA) is 78.1 Å². The monoisotopic (exact) mass is 299 g/mol. The Morgan fingerprint density at radius 2 is 1.91 bits per heavy atom. The van der Waals surface area contributed by atoms with E-state index in [2.05, 4.69) is 30.7 Å². The first-order chi connectivity index (χ1) is 10.3. The highest BCUT2D eigenvalue weighted by Crippen LogP contribution is 2.31. The van der Waals surface area contributed by atoms with Gasteiger partial charge in [-0.25, -0.2) is 9.97 Å². The molecule has 1 heterocycles. The largest absolute Gasteiger partial charge is 0.496 e. The van der Waals surface area contributed by atoms with E-state index in [-0.39, 0.29) is 11.8 Å². The number of carbonyl (C=O) groups excluding carboxylic acids is 1. The molecule has 1 amide bonds. The summed E-state index contributed by atoms with van der Waals surface area (Å²) in [6, 6.07) is 9.56. The zero-order valence-corrected chi connectivity index (χ0v) is 13.4. The second-order valence-electron chi connectivity index (χ2n) is 6.15. The molecule has 0 atom stereocenters. The Hall–Kier alpha value is -2.43. The summed E-state index contributed by atoms with van der Waals surface area (Å²) in [4.78, 5) is 20.2. The fraction of sp³-hybridized carbons (Fsp3) is 0.353. The Morgan fingerprint density at radius 3 is 2.50 bits per heavy atom. The molecule has 0 saturated heterocycles. The van der Waals surface area contributed by atoms with E-state index < -0.39 is 5.91 Å². The first-order valence-corrected chi connectivity index (χ1v) is 7.11. The van der Waals surface area contributed by atoms with Gasteiger partial charge in [-0.05, 0) is 18.2 Å². The fourth-order valence-electron chi connectivity index (χ4n) is 2.11. The number of rotatable bonds is 4. The van der Waals surface area contributed by atoms with Crippen LogP contribution in [0, 0.1) is 0 Å². The fourth-order valence-corrected chi connectivity index (χ4v) is 2.11. The third-order valence-electron chi connectivity index (χ3n) is 3.26. The van der Waals surface area contributed by atoms with Gasteiger partial charge in [-0.15, -0.1) is 0 Å². The molecule has 1 aromatic carbocycles. The predicted octanol–water partition coefficient (Wildman–Crippen LogP) is 2.48. The van der Waals surface area contributed by atoms with E-state index in [1.807, 2.05) is 30.3 Å². The van der Waals surface area contributed by atoms with Gasteiger partial charge in [-0.3, -0.25) is 4.79 Å². The number of nitrogens with two attached hydrogens (primary N) is 1. The van der Waals surface area contributed by atoms with Gasteiger partial charge < -0.3 is 10.5 Å². The summed E-state index contributed by atoms with van der Waals surface area (Å²) in [5, 5.41) is 0. The number of para-hydroxylation sites is 1. The molecule has 0 aliphatic carbocycles. The lowest BCUT2D eigenvalue weighted by atomic mass is 9.91. The first kappa shape index (κ1) is 15.9. The van der Waals surface area contributed by atoms with Gasteiger partial charge >= 0.3 is 0 Å². The highest BCUT2D eigenvalue weighted by Gasteiger charge is 2.20. The van der Waals surface area contributed by atoms with Crippen molar-refractivity contribution < 1.29 is 9.53 Å². The molecule has 2 N–H and O–H groups in total. The van der Waals surface area contributed by atoms with Gasteiger partial charge in [-0.2, -0.15) is 0 Å². The lowest BCUT2D eigenvalue weighted by molar-refractivity contribution is -0.117. The third kappa shape index (κ3) is 3.61. The average Bonchev–Trinajstić information content (AvgIpc) is 2.45. The summed E-state index contributed by atoms with van der Waals surface area (Å²) >= 11 is 0. The van der Waals surface area contributed by atoms with Gasteiger partial charge in [-0.1, -0.05) is 32.9 Å². The Labute approximate surface area is 130 Å². The molecule has 2 rings (SSSR count). The highest BCUT2D eigenvalue weighted by atomic mass is 16.5. The normalized spacial score (nSPS) is 11.3. The Bertz CT molecular complexity index is 691. The summed E-state index contributed by atoms with van der Waals surface area (Å²) in [6.45, 7) is 6.19. The Kier molecular flexibility index (Phi) is 4.45. The van der Waals surface area contributed by atoms with E-state index in [1.165, 1.54) is 0 Å². The van der Waals surface area contributed by atoms with E-state index in [1.54, 1.807) is 7.11 Å². The molecule has 116 valence electrons.